The molecule has 1 aliphatic rings. The highest BCUT2D eigenvalue weighted by Gasteiger charge is 2.15. The Morgan fingerprint density at radius 3 is 2.81 bits per heavy atom. The van der Waals surface area contributed by atoms with Gasteiger partial charge in [0.25, 0.3) is 5.91 Å². The number of nitrogens with zero attached hydrogens (tertiary/aromatic N) is 1. The standard InChI is InChI=1S/C16H18N2O3/c19-15(17-7-10-18-8-3-4-9-18)13-11-12-5-1-2-6-14(12)21-16(13)20/h1-2,5-6,11H,3-4,7-10H2,(H,17,19). The molecule has 0 bridgehead atoms. The van der Waals surface area contributed by atoms with Crippen LogP contribution in [0.25, 0.3) is 11.0 Å². The van der Waals surface area contributed by atoms with Gasteiger partial charge < -0.3 is 14.6 Å². The maximum atomic E-state index is 12.1. The number of hydrogen-bond acceptors (Lipinski definition) is 4. The van der Waals surface area contributed by atoms with Crippen molar-refractivity contribution in [1.29, 1.82) is 0 Å². The average Bonchev–Trinajstić information content (AvgIpc) is 2.99. The number of rotatable bonds is 4. The minimum atomic E-state index is -0.590. The first-order chi connectivity index (χ1) is 10.2. The van der Waals surface area contributed by atoms with E-state index in [1.807, 2.05) is 12.1 Å². The fourth-order valence-electron chi connectivity index (χ4n) is 2.65. The van der Waals surface area contributed by atoms with Gasteiger partial charge in [-0.1, -0.05) is 18.2 Å². The highest BCUT2D eigenvalue weighted by atomic mass is 16.4. The second-order valence-corrected chi connectivity index (χ2v) is 5.29. The number of para-hydroxylation sites is 1. The molecule has 1 aromatic heterocycles. The molecule has 0 aliphatic carbocycles. The maximum absolute atomic E-state index is 12.1. The highest BCUT2D eigenvalue weighted by Crippen LogP contribution is 2.12. The van der Waals surface area contributed by atoms with Gasteiger partial charge in [0.2, 0.25) is 0 Å². The minimum absolute atomic E-state index is 0.0649. The van der Waals surface area contributed by atoms with Crippen molar-refractivity contribution in [3.05, 3.63) is 46.3 Å². The Morgan fingerprint density at radius 2 is 2.00 bits per heavy atom. The summed E-state index contributed by atoms with van der Waals surface area (Å²) >= 11 is 0. The number of hydrogen-bond donors (Lipinski definition) is 1. The molecular formula is C16H18N2O3. The Kier molecular flexibility index (Phi) is 4.01. The molecule has 1 aliphatic heterocycles. The first-order valence-corrected chi connectivity index (χ1v) is 7.27. The van der Waals surface area contributed by atoms with E-state index in [-0.39, 0.29) is 11.5 Å². The molecule has 1 N–H and O–H groups in total. The van der Waals surface area contributed by atoms with Gasteiger partial charge in [-0.25, -0.2) is 4.79 Å². The lowest BCUT2D eigenvalue weighted by molar-refractivity contribution is 0.0946. The van der Waals surface area contributed by atoms with Crippen LogP contribution in [0.1, 0.15) is 23.2 Å². The molecule has 0 atom stereocenters. The average molecular weight is 286 g/mol. The summed E-state index contributed by atoms with van der Waals surface area (Å²) in [6, 6.07) is 8.76. The Hall–Kier alpha value is -2.14. The zero-order chi connectivity index (χ0) is 14.7. The summed E-state index contributed by atoms with van der Waals surface area (Å²) in [5.74, 6) is -0.367. The molecule has 0 saturated carbocycles. The second-order valence-electron chi connectivity index (χ2n) is 5.29. The van der Waals surface area contributed by atoms with Crippen molar-refractivity contribution in [2.75, 3.05) is 26.2 Å². The summed E-state index contributed by atoms with van der Waals surface area (Å²) < 4.78 is 5.17. The van der Waals surface area contributed by atoms with Gasteiger partial charge in [-0.05, 0) is 38.1 Å². The lowest BCUT2D eigenvalue weighted by atomic mass is 10.2. The van der Waals surface area contributed by atoms with Crippen LogP contribution in [-0.2, 0) is 0 Å². The Balaban J connectivity index is 1.68. The van der Waals surface area contributed by atoms with E-state index in [0.717, 1.165) is 25.0 Å². The van der Waals surface area contributed by atoms with E-state index in [1.54, 1.807) is 18.2 Å². The molecule has 0 unspecified atom stereocenters. The quantitative estimate of drug-likeness (QED) is 0.868. The van der Waals surface area contributed by atoms with Gasteiger partial charge in [0.1, 0.15) is 11.1 Å². The number of fused-ring (bicyclic) bond motifs is 1. The number of likely N-dealkylation sites (tertiary alicyclic amines) is 1. The van der Waals surface area contributed by atoms with Crippen LogP contribution in [0.3, 0.4) is 0 Å². The summed E-state index contributed by atoms with van der Waals surface area (Å²) in [5.41, 5.74) is -0.0291. The summed E-state index contributed by atoms with van der Waals surface area (Å²) in [6.45, 7) is 3.55. The van der Waals surface area contributed by atoms with E-state index in [0.29, 0.717) is 12.1 Å². The SMILES string of the molecule is O=C(NCCN1CCCC1)c1cc2ccccc2oc1=O. The molecule has 110 valence electrons. The Labute approximate surface area is 122 Å². The number of carbonyl (C=O) groups is 1. The van der Waals surface area contributed by atoms with Crippen LogP contribution >= 0.6 is 0 Å². The maximum Gasteiger partial charge on any atom is 0.349 e. The molecule has 5 heteroatoms. The molecular weight excluding hydrogens is 268 g/mol. The topological polar surface area (TPSA) is 62.6 Å². The Morgan fingerprint density at radius 1 is 1.24 bits per heavy atom. The summed E-state index contributed by atoms with van der Waals surface area (Å²) in [4.78, 5) is 26.3. The van der Waals surface area contributed by atoms with Crippen LogP contribution in [0.4, 0.5) is 0 Å². The third-order valence-corrected chi connectivity index (χ3v) is 3.80. The van der Waals surface area contributed by atoms with E-state index < -0.39 is 5.63 Å². The predicted molar refractivity (Wildman–Crippen MR) is 80.5 cm³/mol. The minimum Gasteiger partial charge on any atom is -0.422 e. The number of amides is 1. The molecule has 3 rings (SSSR count). The zero-order valence-electron chi connectivity index (χ0n) is 11.8. The normalized spacial score (nSPS) is 15.4. The molecule has 21 heavy (non-hydrogen) atoms. The first-order valence-electron chi connectivity index (χ1n) is 7.27. The van der Waals surface area contributed by atoms with E-state index in [2.05, 4.69) is 10.2 Å². The van der Waals surface area contributed by atoms with Crippen LogP contribution in [0, 0.1) is 0 Å². The molecule has 0 radical (unpaired) electrons. The largest absolute Gasteiger partial charge is 0.422 e. The van der Waals surface area contributed by atoms with Gasteiger partial charge in [-0.2, -0.15) is 0 Å². The lowest BCUT2D eigenvalue weighted by Gasteiger charge is -2.14. The molecule has 0 spiro atoms. The number of carbonyl (C=O) groups excluding carboxylic acids is 1. The Bertz CT molecular complexity index is 702. The van der Waals surface area contributed by atoms with Crippen molar-refractivity contribution in [2.45, 2.75) is 12.8 Å². The fourth-order valence-corrected chi connectivity index (χ4v) is 2.65. The highest BCUT2D eigenvalue weighted by molar-refractivity contribution is 5.96. The molecule has 5 nitrogen and oxygen atoms in total. The van der Waals surface area contributed by atoms with Gasteiger partial charge in [0.05, 0.1) is 0 Å². The van der Waals surface area contributed by atoms with Crippen molar-refractivity contribution in [2.24, 2.45) is 0 Å². The van der Waals surface area contributed by atoms with Crippen molar-refractivity contribution >= 4 is 16.9 Å². The van der Waals surface area contributed by atoms with Crippen LogP contribution in [-0.4, -0.2) is 37.0 Å². The van der Waals surface area contributed by atoms with Crippen LogP contribution in [0.5, 0.6) is 0 Å². The van der Waals surface area contributed by atoms with E-state index in [4.69, 9.17) is 4.42 Å². The zero-order valence-corrected chi connectivity index (χ0v) is 11.8. The third-order valence-electron chi connectivity index (χ3n) is 3.80. The third kappa shape index (κ3) is 3.13. The van der Waals surface area contributed by atoms with Crippen LogP contribution in [0.2, 0.25) is 0 Å². The van der Waals surface area contributed by atoms with Crippen LogP contribution in [0.15, 0.2) is 39.5 Å². The van der Waals surface area contributed by atoms with E-state index in [1.165, 1.54) is 12.8 Å². The van der Waals surface area contributed by atoms with E-state index in [9.17, 15) is 9.59 Å². The molecule has 1 amide bonds. The van der Waals surface area contributed by atoms with Crippen molar-refractivity contribution in [1.82, 2.24) is 10.2 Å². The van der Waals surface area contributed by atoms with Gasteiger partial charge >= 0.3 is 5.63 Å². The van der Waals surface area contributed by atoms with Gasteiger partial charge in [-0.15, -0.1) is 0 Å². The monoisotopic (exact) mass is 286 g/mol. The molecule has 1 aromatic carbocycles. The molecule has 2 heterocycles. The van der Waals surface area contributed by atoms with Crippen molar-refractivity contribution in [3.63, 3.8) is 0 Å². The molecule has 1 saturated heterocycles. The summed E-state index contributed by atoms with van der Waals surface area (Å²) in [7, 11) is 0. The first kappa shape index (κ1) is 13.8. The number of benzene rings is 1. The van der Waals surface area contributed by atoms with Gasteiger partial charge in [0.15, 0.2) is 0 Å². The lowest BCUT2D eigenvalue weighted by Crippen LogP contribution is -2.35. The second kappa shape index (κ2) is 6.10. The summed E-state index contributed by atoms with van der Waals surface area (Å²) in [5, 5.41) is 3.54. The molecule has 2 aromatic rings. The summed E-state index contributed by atoms with van der Waals surface area (Å²) in [6.07, 6.45) is 2.45. The van der Waals surface area contributed by atoms with E-state index >= 15 is 0 Å². The van der Waals surface area contributed by atoms with Crippen LogP contribution < -0.4 is 10.9 Å². The molecule has 1 fully saturated rings. The van der Waals surface area contributed by atoms with Crippen molar-refractivity contribution in [3.8, 4) is 0 Å². The smallest absolute Gasteiger partial charge is 0.349 e. The van der Waals surface area contributed by atoms with Gasteiger partial charge in [0, 0.05) is 18.5 Å². The predicted octanol–water partition coefficient (Wildman–Crippen LogP) is 1.62. The van der Waals surface area contributed by atoms with Crippen molar-refractivity contribution < 1.29 is 9.21 Å². The number of nitrogens with one attached hydrogen (secondary N) is 1. The van der Waals surface area contributed by atoms with Gasteiger partial charge in [-0.3, -0.25) is 4.79 Å². The fraction of sp³-hybridized carbons (Fsp3) is 0.375.